The highest BCUT2D eigenvalue weighted by Gasteiger charge is 2.15. The molecule has 0 saturated carbocycles. The molecule has 0 aromatic carbocycles. The summed E-state index contributed by atoms with van der Waals surface area (Å²) >= 11 is 6.12. The Morgan fingerprint density at radius 1 is 1.39 bits per heavy atom. The summed E-state index contributed by atoms with van der Waals surface area (Å²) in [4.78, 5) is 4.07. The maximum atomic E-state index is 6.12. The molecule has 0 spiro atoms. The number of aromatic nitrogens is 3. The van der Waals surface area contributed by atoms with Crippen LogP contribution in [0.5, 0.6) is 0 Å². The number of hydrogen-bond acceptors (Lipinski definition) is 3. The molecule has 0 aliphatic carbocycles. The highest BCUT2D eigenvalue weighted by Crippen LogP contribution is 2.22. The number of rotatable bonds is 4. The summed E-state index contributed by atoms with van der Waals surface area (Å²) in [5.74, 6) is 0. The van der Waals surface area contributed by atoms with Crippen molar-refractivity contribution in [3.63, 3.8) is 0 Å². The molecule has 96 valence electrons. The largest absolute Gasteiger partial charge is 0.384 e. The standard InChI is InChI=1S/C12H17ClN4Si/c1-18(2,3)9-15-11-8-17(16-12(11)13)10-5-4-6-14-7-10/h4-8,15H,9H2,1-3H3. The molecular weight excluding hydrogens is 264 g/mol. The second-order valence-electron chi connectivity index (χ2n) is 5.40. The molecule has 0 unspecified atom stereocenters. The average molecular weight is 281 g/mol. The molecule has 1 N–H and O–H groups in total. The van der Waals surface area contributed by atoms with Gasteiger partial charge in [0.15, 0.2) is 5.15 Å². The van der Waals surface area contributed by atoms with Gasteiger partial charge in [-0.15, -0.1) is 0 Å². The van der Waals surface area contributed by atoms with Gasteiger partial charge in [0.25, 0.3) is 0 Å². The van der Waals surface area contributed by atoms with Crippen LogP contribution in [0.15, 0.2) is 30.7 Å². The van der Waals surface area contributed by atoms with Crippen LogP contribution in [-0.4, -0.2) is 29.0 Å². The molecule has 0 fully saturated rings. The summed E-state index contributed by atoms with van der Waals surface area (Å²) in [6.45, 7) is 6.92. The van der Waals surface area contributed by atoms with E-state index in [-0.39, 0.29) is 0 Å². The van der Waals surface area contributed by atoms with Crippen molar-refractivity contribution in [2.24, 2.45) is 0 Å². The predicted octanol–water partition coefficient (Wildman–Crippen LogP) is 3.21. The molecule has 6 heteroatoms. The van der Waals surface area contributed by atoms with E-state index in [9.17, 15) is 0 Å². The lowest BCUT2D eigenvalue weighted by atomic mass is 10.4. The lowest BCUT2D eigenvalue weighted by Crippen LogP contribution is -2.31. The fourth-order valence-electron chi connectivity index (χ4n) is 1.45. The van der Waals surface area contributed by atoms with Gasteiger partial charge in [0, 0.05) is 12.4 Å². The minimum atomic E-state index is -1.15. The third-order valence-electron chi connectivity index (χ3n) is 2.39. The first-order valence-electron chi connectivity index (χ1n) is 5.85. The van der Waals surface area contributed by atoms with Crippen molar-refractivity contribution >= 4 is 25.4 Å². The highest BCUT2D eigenvalue weighted by molar-refractivity contribution is 6.76. The Morgan fingerprint density at radius 2 is 2.17 bits per heavy atom. The quantitative estimate of drug-likeness (QED) is 0.875. The summed E-state index contributed by atoms with van der Waals surface area (Å²) in [6.07, 6.45) is 6.37. The van der Waals surface area contributed by atoms with E-state index in [0.29, 0.717) is 5.15 Å². The molecule has 0 aliphatic heterocycles. The number of nitrogens with zero attached hydrogens (tertiary/aromatic N) is 3. The van der Waals surface area contributed by atoms with Crippen LogP contribution in [0.25, 0.3) is 5.69 Å². The zero-order chi connectivity index (χ0) is 13.2. The van der Waals surface area contributed by atoms with Gasteiger partial charge >= 0.3 is 0 Å². The van der Waals surface area contributed by atoms with E-state index in [1.165, 1.54) is 0 Å². The lowest BCUT2D eigenvalue weighted by Gasteiger charge is -2.16. The Balaban J connectivity index is 2.17. The summed E-state index contributed by atoms with van der Waals surface area (Å²) in [5, 5.41) is 8.14. The number of nitrogens with one attached hydrogen (secondary N) is 1. The maximum Gasteiger partial charge on any atom is 0.174 e. The zero-order valence-electron chi connectivity index (χ0n) is 10.8. The van der Waals surface area contributed by atoms with Crippen LogP contribution in [0.3, 0.4) is 0 Å². The molecule has 2 aromatic rings. The molecule has 2 aromatic heterocycles. The first-order valence-corrected chi connectivity index (χ1v) is 9.94. The molecule has 0 radical (unpaired) electrons. The predicted molar refractivity (Wildman–Crippen MR) is 78.2 cm³/mol. The van der Waals surface area contributed by atoms with E-state index in [0.717, 1.165) is 17.5 Å². The highest BCUT2D eigenvalue weighted by atomic mass is 35.5. The van der Waals surface area contributed by atoms with Crippen LogP contribution >= 0.6 is 11.6 Å². The van der Waals surface area contributed by atoms with Gasteiger partial charge in [0.2, 0.25) is 0 Å². The summed E-state index contributed by atoms with van der Waals surface area (Å²) < 4.78 is 1.74. The van der Waals surface area contributed by atoms with Crippen molar-refractivity contribution in [3.8, 4) is 5.69 Å². The van der Waals surface area contributed by atoms with Crippen molar-refractivity contribution in [2.45, 2.75) is 19.6 Å². The van der Waals surface area contributed by atoms with Gasteiger partial charge < -0.3 is 5.32 Å². The van der Waals surface area contributed by atoms with E-state index in [1.807, 2.05) is 18.3 Å². The van der Waals surface area contributed by atoms with Gasteiger partial charge in [0.05, 0.1) is 31.8 Å². The Hall–Kier alpha value is -1.33. The fraction of sp³-hybridized carbons (Fsp3) is 0.333. The number of halogens is 1. The summed E-state index contributed by atoms with van der Waals surface area (Å²) in [5.41, 5.74) is 1.78. The number of pyridine rings is 1. The first kappa shape index (κ1) is 13.1. The fourth-order valence-corrected chi connectivity index (χ4v) is 2.37. The van der Waals surface area contributed by atoms with Crippen molar-refractivity contribution in [2.75, 3.05) is 11.5 Å². The van der Waals surface area contributed by atoms with Crippen LogP contribution in [0.2, 0.25) is 24.8 Å². The van der Waals surface area contributed by atoms with Gasteiger partial charge in [-0.25, -0.2) is 4.68 Å². The molecule has 2 heterocycles. The van der Waals surface area contributed by atoms with Gasteiger partial charge in [0.1, 0.15) is 0 Å². The average Bonchev–Trinajstić information content (AvgIpc) is 2.68. The SMILES string of the molecule is C[Si](C)(C)CNc1cn(-c2cccnc2)nc1Cl. The van der Waals surface area contributed by atoms with Gasteiger partial charge in [-0.2, -0.15) is 5.10 Å². The second-order valence-corrected chi connectivity index (χ2v) is 11.2. The van der Waals surface area contributed by atoms with Gasteiger partial charge in [-0.05, 0) is 12.1 Å². The van der Waals surface area contributed by atoms with E-state index < -0.39 is 8.07 Å². The van der Waals surface area contributed by atoms with Crippen LogP contribution in [0, 0.1) is 0 Å². The van der Waals surface area contributed by atoms with Crippen LogP contribution in [0.1, 0.15) is 0 Å². The van der Waals surface area contributed by atoms with E-state index >= 15 is 0 Å². The molecule has 0 atom stereocenters. The minimum Gasteiger partial charge on any atom is -0.384 e. The molecule has 2 rings (SSSR count). The summed E-state index contributed by atoms with van der Waals surface area (Å²) in [7, 11) is -1.15. The molecular formula is C12H17ClN4Si. The molecule has 0 saturated heterocycles. The van der Waals surface area contributed by atoms with Crippen LogP contribution in [0.4, 0.5) is 5.69 Å². The Kier molecular flexibility index (Phi) is 3.73. The molecule has 0 bridgehead atoms. The normalized spacial score (nSPS) is 11.6. The van der Waals surface area contributed by atoms with Gasteiger partial charge in [-0.3, -0.25) is 4.98 Å². The minimum absolute atomic E-state index is 0.497. The third kappa shape index (κ3) is 3.33. The molecule has 4 nitrogen and oxygen atoms in total. The lowest BCUT2D eigenvalue weighted by molar-refractivity contribution is 0.874. The van der Waals surface area contributed by atoms with Crippen LogP contribution < -0.4 is 5.32 Å². The van der Waals surface area contributed by atoms with Crippen molar-refractivity contribution < 1.29 is 0 Å². The van der Waals surface area contributed by atoms with E-state index in [4.69, 9.17) is 11.6 Å². The maximum absolute atomic E-state index is 6.12. The van der Waals surface area contributed by atoms with Crippen molar-refractivity contribution in [3.05, 3.63) is 35.9 Å². The van der Waals surface area contributed by atoms with Gasteiger partial charge in [-0.1, -0.05) is 31.2 Å². The monoisotopic (exact) mass is 280 g/mol. The zero-order valence-corrected chi connectivity index (χ0v) is 12.6. The Morgan fingerprint density at radius 3 is 2.78 bits per heavy atom. The first-order chi connectivity index (χ1) is 8.46. The van der Waals surface area contributed by atoms with Crippen molar-refractivity contribution in [1.82, 2.24) is 14.8 Å². The smallest absolute Gasteiger partial charge is 0.174 e. The molecule has 0 amide bonds. The van der Waals surface area contributed by atoms with Crippen LogP contribution in [-0.2, 0) is 0 Å². The van der Waals surface area contributed by atoms with E-state index in [2.05, 4.69) is 35.0 Å². The summed E-state index contributed by atoms with van der Waals surface area (Å²) in [6, 6.07) is 3.82. The topological polar surface area (TPSA) is 42.7 Å². The number of hydrogen-bond donors (Lipinski definition) is 1. The van der Waals surface area contributed by atoms with Crippen molar-refractivity contribution in [1.29, 1.82) is 0 Å². The number of anilines is 1. The van der Waals surface area contributed by atoms with E-state index in [1.54, 1.807) is 17.1 Å². The molecule has 0 aliphatic rings. The third-order valence-corrected chi connectivity index (χ3v) is 3.91. The Bertz CT molecular complexity index is 519. The Labute approximate surface area is 113 Å². The molecule has 18 heavy (non-hydrogen) atoms. The second kappa shape index (κ2) is 5.12.